The van der Waals surface area contributed by atoms with Crippen molar-refractivity contribution in [2.45, 2.75) is 45.1 Å². The van der Waals surface area contributed by atoms with E-state index in [1.54, 1.807) is 11.3 Å². The van der Waals surface area contributed by atoms with Crippen LogP contribution in [0.4, 0.5) is 0 Å². The number of hydrogen-bond acceptors (Lipinski definition) is 4. The van der Waals surface area contributed by atoms with E-state index in [4.69, 9.17) is 0 Å². The van der Waals surface area contributed by atoms with Crippen LogP contribution < -0.4 is 5.32 Å². The number of nitrogens with zero attached hydrogens (tertiary/aromatic N) is 1. The molecule has 2 atom stereocenters. The molecule has 96 valence electrons. The lowest BCUT2D eigenvalue weighted by molar-refractivity contribution is 0.0698. The van der Waals surface area contributed by atoms with Gasteiger partial charge in [-0.3, -0.25) is 0 Å². The Balaban J connectivity index is 1.64. The smallest absolute Gasteiger partial charge is 0.0797 e. The second-order valence-corrected chi connectivity index (χ2v) is 5.87. The van der Waals surface area contributed by atoms with Gasteiger partial charge in [-0.2, -0.15) is 0 Å². The van der Waals surface area contributed by atoms with E-state index < -0.39 is 0 Å². The number of nitrogens with one attached hydrogen (secondary N) is 1. The van der Waals surface area contributed by atoms with Crippen molar-refractivity contribution >= 4 is 11.3 Å². The Hall–Kier alpha value is -0.450. The summed E-state index contributed by atoms with van der Waals surface area (Å²) in [6.45, 7) is 4.02. The Kier molecular flexibility index (Phi) is 4.95. The van der Waals surface area contributed by atoms with Crippen LogP contribution in [0.25, 0.3) is 0 Å². The Morgan fingerprint density at radius 1 is 1.47 bits per heavy atom. The zero-order valence-electron chi connectivity index (χ0n) is 10.5. The number of aliphatic hydroxyl groups is 1. The summed E-state index contributed by atoms with van der Waals surface area (Å²) >= 11 is 1.74. The van der Waals surface area contributed by atoms with Crippen LogP contribution in [-0.4, -0.2) is 29.3 Å². The summed E-state index contributed by atoms with van der Waals surface area (Å²) in [4.78, 5) is 5.62. The number of rotatable bonds is 5. The van der Waals surface area contributed by atoms with Crippen molar-refractivity contribution in [3.63, 3.8) is 0 Å². The number of aromatic nitrogens is 1. The molecule has 1 aliphatic rings. The zero-order chi connectivity index (χ0) is 12.1. The molecular formula is C13H22N2OS. The summed E-state index contributed by atoms with van der Waals surface area (Å²) in [6.07, 6.45) is 5.60. The van der Waals surface area contributed by atoms with Crippen molar-refractivity contribution in [2.24, 2.45) is 5.92 Å². The highest BCUT2D eigenvalue weighted by Crippen LogP contribution is 2.23. The monoisotopic (exact) mass is 254 g/mol. The molecule has 0 aliphatic heterocycles. The van der Waals surface area contributed by atoms with Gasteiger partial charge in [0, 0.05) is 18.0 Å². The predicted octanol–water partition coefficient (Wildman–Crippen LogP) is 2.13. The predicted molar refractivity (Wildman–Crippen MR) is 71.4 cm³/mol. The Labute approximate surface area is 107 Å². The maximum absolute atomic E-state index is 9.85. The van der Waals surface area contributed by atoms with Gasteiger partial charge in [-0.05, 0) is 32.1 Å². The molecule has 2 unspecified atom stereocenters. The molecule has 1 saturated carbocycles. The van der Waals surface area contributed by atoms with Gasteiger partial charge in [0.15, 0.2) is 0 Å². The maximum atomic E-state index is 9.85. The first kappa shape index (κ1) is 13.0. The fourth-order valence-corrected chi connectivity index (χ4v) is 3.26. The number of hydrogen-bond donors (Lipinski definition) is 2. The van der Waals surface area contributed by atoms with Gasteiger partial charge >= 0.3 is 0 Å². The van der Waals surface area contributed by atoms with Crippen LogP contribution in [0.2, 0.25) is 0 Å². The second kappa shape index (κ2) is 6.47. The Bertz CT molecular complexity index is 340. The Morgan fingerprint density at radius 3 is 3.00 bits per heavy atom. The van der Waals surface area contributed by atoms with Gasteiger partial charge in [-0.1, -0.05) is 12.8 Å². The molecule has 3 nitrogen and oxygen atoms in total. The maximum Gasteiger partial charge on any atom is 0.0797 e. The molecule has 4 heteroatoms. The first-order valence-electron chi connectivity index (χ1n) is 6.55. The van der Waals surface area contributed by atoms with Gasteiger partial charge in [0.1, 0.15) is 0 Å². The van der Waals surface area contributed by atoms with Gasteiger partial charge in [0.25, 0.3) is 0 Å². The normalized spacial score (nSPS) is 25.1. The fourth-order valence-electron chi connectivity index (χ4n) is 2.48. The van der Waals surface area contributed by atoms with E-state index in [0.29, 0.717) is 5.92 Å². The largest absolute Gasteiger partial charge is 0.393 e. The Morgan fingerprint density at radius 2 is 2.29 bits per heavy atom. The molecule has 0 spiro atoms. The molecule has 2 N–H and O–H groups in total. The SMILES string of the molecule is Cc1ncsc1CCNCC1CCCCC1O. The molecule has 1 heterocycles. The molecule has 0 radical (unpaired) electrons. The van der Waals surface area contributed by atoms with Crippen LogP contribution in [0, 0.1) is 12.8 Å². The quantitative estimate of drug-likeness (QED) is 0.791. The highest BCUT2D eigenvalue weighted by atomic mass is 32.1. The lowest BCUT2D eigenvalue weighted by Gasteiger charge is -2.27. The van der Waals surface area contributed by atoms with E-state index in [1.807, 2.05) is 5.51 Å². The van der Waals surface area contributed by atoms with E-state index in [1.165, 1.54) is 24.1 Å². The van der Waals surface area contributed by atoms with Crippen molar-refractivity contribution < 1.29 is 5.11 Å². The molecule has 17 heavy (non-hydrogen) atoms. The van der Waals surface area contributed by atoms with Gasteiger partial charge in [-0.15, -0.1) is 11.3 Å². The molecule has 1 aliphatic carbocycles. The van der Waals surface area contributed by atoms with Gasteiger partial charge in [-0.25, -0.2) is 4.98 Å². The third-order valence-corrected chi connectivity index (χ3v) is 4.64. The molecular weight excluding hydrogens is 232 g/mol. The first-order chi connectivity index (χ1) is 8.27. The van der Waals surface area contributed by atoms with Crippen LogP contribution in [-0.2, 0) is 6.42 Å². The van der Waals surface area contributed by atoms with Gasteiger partial charge in [0.2, 0.25) is 0 Å². The lowest BCUT2D eigenvalue weighted by Crippen LogP contribution is -2.34. The summed E-state index contributed by atoms with van der Waals surface area (Å²) in [5.41, 5.74) is 3.07. The van der Waals surface area contributed by atoms with Crippen LogP contribution in [0.3, 0.4) is 0 Å². The van der Waals surface area contributed by atoms with E-state index in [9.17, 15) is 5.11 Å². The zero-order valence-corrected chi connectivity index (χ0v) is 11.3. The summed E-state index contributed by atoms with van der Waals surface area (Å²) in [5, 5.41) is 13.3. The molecule has 1 fully saturated rings. The number of thiazole rings is 1. The minimum atomic E-state index is -0.0820. The highest BCUT2D eigenvalue weighted by Gasteiger charge is 2.22. The van der Waals surface area contributed by atoms with E-state index >= 15 is 0 Å². The third-order valence-electron chi connectivity index (χ3n) is 3.65. The second-order valence-electron chi connectivity index (χ2n) is 4.93. The molecule has 0 amide bonds. The summed E-state index contributed by atoms with van der Waals surface area (Å²) in [5.74, 6) is 0.464. The van der Waals surface area contributed by atoms with E-state index in [0.717, 1.165) is 31.6 Å². The van der Waals surface area contributed by atoms with Crippen LogP contribution >= 0.6 is 11.3 Å². The van der Waals surface area contributed by atoms with Gasteiger partial charge < -0.3 is 10.4 Å². The van der Waals surface area contributed by atoms with Crippen LogP contribution in [0.5, 0.6) is 0 Å². The molecule has 0 aromatic carbocycles. The van der Waals surface area contributed by atoms with Crippen molar-refractivity contribution in [2.75, 3.05) is 13.1 Å². The molecule has 0 saturated heterocycles. The van der Waals surface area contributed by atoms with Crippen molar-refractivity contribution in [3.8, 4) is 0 Å². The third kappa shape index (κ3) is 3.76. The summed E-state index contributed by atoms with van der Waals surface area (Å²) in [7, 11) is 0. The average molecular weight is 254 g/mol. The summed E-state index contributed by atoms with van der Waals surface area (Å²) in [6, 6.07) is 0. The van der Waals surface area contributed by atoms with Crippen molar-refractivity contribution in [1.29, 1.82) is 0 Å². The lowest BCUT2D eigenvalue weighted by atomic mass is 9.86. The molecule has 2 rings (SSSR count). The van der Waals surface area contributed by atoms with Crippen molar-refractivity contribution in [3.05, 3.63) is 16.1 Å². The number of aryl methyl sites for hydroxylation is 1. The first-order valence-corrected chi connectivity index (χ1v) is 7.43. The minimum absolute atomic E-state index is 0.0820. The molecule has 1 aromatic heterocycles. The molecule has 0 bridgehead atoms. The van der Waals surface area contributed by atoms with Crippen LogP contribution in [0.15, 0.2) is 5.51 Å². The van der Waals surface area contributed by atoms with E-state index in [2.05, 4.69) is 17.2 Å². The molecule has 1 aromatic rings. The fraction of sp³-hybridized carbons (Fsp3) is 0.769. The topological polar surface area (TPSA) is 45.2 Å². The highest BCUT2D eigenvalue weighted by molar-refractivity contribution is 7.09. The van der Waals surface area contributed by atoms with Crippen molar-refractivity contribution in [1.82, 2.24) is 10.3 Å². The minimum Gasteiger partial charge on any atom is -0.393 e. The van der Waals surface area contributed by atoms with Crippen LogP contribution in [0.1, 0.15) is 36.3 Å². The standard InChI is InChI=1S/C13H22N2OS/c1-10-13(17-9-15-10)6-7-14-8-11-4-2-3-5-12(11)16/h9,11-12,14,16H,2-8H2,1H3. The number of aliphatic hydroxyl groups excluding tert-OH is 1. The summed E-state index contributed by atoms with van der Waals surface area (Å²) < 4.78 is 0. The van der Waals surface area contributed by atoms with Gasteiger partial charge in [0.05, 0.1) is 17.3 Å². The van der Waals surface area contributed by atoms with E-state index in [-0.39, 0.29) is 6.10 Å². The average Bonchev–Trinajstić information content (AvgIpc) is 2.73.